The van der Waals surface area contributed by atoms with E-state index in [1.807, 2.05) is 6.07 Å². The molecule has 1 aromatic heterocycles. The standard InChI is InChI=1S/C11H7ClO2S/c12-8-3-1-2-7(6-8)9-4-5-15-10(9)11(13)14/h1-6H,(H,13,14). The Morgan fingerprint density at radius 1 is 1.33 bits per heavy atom. The molecule has 0 radical (unpaired) electrons. The molecule has 1 N–H and O–H groups in total. The molecule has 76 valence electrons. The lowest BCUT2D eigenvalue weighted by atomic mass is 10.1. The van der Waals surface area contributed by atoms with Gasteiger partial charge >= 0.3 is 5.97 Å². The maximum absolute atomic E-state index is 10.9. The SMILES string of the molecule is O=C(O)c1sccc1-c1cccc(Cl)c1. The lowest BCUT2D eigenvalue weighted by Gasteiger charge is -2.00. The molecule has 0 fully saturated rings. The van der Waals surface area contributed by atoms with Crippen molar-refractivity contribution in [2.75, 3.05) is 0 Å². The highest BCUT2D eigenvalue weighted by atomic mass is 35.5. The van der Waals surface area contributed by atoms with Crippen LogP contribution in [-0.4, -0.2) is 11.1 Å². The average Bonchev–Trinajstić information content (AvgIpc) is 2.65. The number of hydrogen-bond acceptors (Lipinski definition) is 2. The van der Waals surface area contributed by atoms with Crippen molar-refractivity contribution >= 4 is 28.9 Å². The van der Waals surface area contributed by atoms with Gasteiger partial charge in [-0.15, -0.1) is 11.3 Å². The molecule has 0 saturated carbocycles. The summed E-state index contributed by atoms with van der Waals surface area (Å²) in [5.74, 6) is -0.903. The van der Waals surface area contributed by atoms with Crippen LogP contribution in [0.3, 0.4) is 0 Å². The highest BCUT2D eigenvalue weighted by Gasteiger charge is 2.12. The summed E-state index contributed by atoms with van der Waals surface area (Å²) in [6.07, 6.45) is 0. The number of carbonyl (C=O) groups is 1. The topological polar surface area (TPSA) is 37.3 Å². The summed E-state index contributed by atoms with van der Waals surface area (Å²) in [5, 5.41) is 11.3. The molecular weight excluding hydrogens is 232 g/mol. The van der Waals surface area contributed by atoms with Crippen molar-refractivity contribution in [2.24, 2.45) is 0 Å². The fourth-order valence-corrected chi connectivity index (χ4v) is 2.30. The Balaban J connectivity index is 2.54. The molecule has 0 unspecified atom stereocenters. The summed E-state index contributed by atoms with van der Waals surface area (Å²) in [6, 6.07) is 8.97. The molecule has 15 heavy (non-hydrogen) atoms. The molecule has 0 amide bonds. The van der Waals surface area contributed by atoms with Crippen LogP contribution < -0.4 is 0 Å². The first-order valence-electron chi connectivity index (χ1n) is 4.25. The number of rotatable bonds is 2. The normalized spacial score (nSPS) is 10.2. The number of hydrogen-bond donors (Lipinski definition) is 1. The lowest BCUT2D eigenvalue weighted by molar-refractivity contribution is 0.0703. The molecule has 0 bridgehead atoms. The Morgan fingerprint density at radius 3 is 2.80 bits per heavy atom. The van der Waals surface area contributed by atoms with Crippen molar-refractivity contribution in [3.63, 3.8) is 0 Å². The Labute approximate surface area is 95.8 Å². The second-order valence-electron chi connectivity index (χ2n) is 2.98. The van der Waals surface area contributed by atoms with Crippen molar-refractivity contribution in [3.8, 4) is 11.1 Å². The van der Waals surface area contributed by atoms with Gasteiger partial charge in [0.2, 0.25) is 0 Å². The van der Waals surface area contributed by atoms with E-state index in [1.165, 1.54) is 11.3 Å². The van der Waals surface area contributed by atoms with Gasteiger partial charge < -0.3 is 5.11 Å². The van der Waals surface area contributed by atoms with Gasteiger partial charge in [0.25, 0.3) is 0 Å². The van der Waals surface area contributed by atoms with Crippen molar-refractivity contribution < 1.29 is 9.90 Å². The second kappa shape index (κ2) is 4.04. The fourth-order valence-electron chi connectivity index (χ4n) is 1.36. The van der Waals surface area contributed by atoms with Crippen LogP contribution in [0.4, 0.5) is 0 Å². The first-order valence-corrected chi connectivity index (χ1v) is 5.51. The Bertz CT molecular complexity index is 505. The molecule has 1 heterocycles. The minimum atomic E-state index is -0.903. The van der Waals surface area contributed by atoms with Crippen molar-refractivity contribution in [3.05, 3.63) is 45.6 Å². The Hall–Kier alpha value is -1.32. The van der Waals surface area contributed by atoms with Crippen molar-refractivity contribution in [1.82, 2.24) is 0 Å². The van der Waals surface area contributed by atoms with Gasteiger partial charge in [-0.1, -0.05) is 23.7 Å². The van der Waals surface area contributed by atoms with E-state index in [1.54, 1.807) is 29.6 Å². The molecule has 0 atom stereocenters. The summed E-state index contributed by atoms with van der Waals surface area (Å²) in [5.41, 5.74) is 1.55. The highest BCUT2D eigenvalue weighted by Crippen LogP contribution is 2.29. The molecule has 4 heteroatoms. The fraction of sp³-hybridized carbons (Fsp3) is 0. The second-order valence-corrected chi connectivity index (χ2v) is 4.33. The van der Waals surface area contributed by atoms with Gasteiger partial charge in [0.05, 0.1) is 0 Å². The van der Waals surface area contributed by atoms with E-state index >= 15 is 0 Å². The number of aromatic carboxylic acids is 1. The lowest BCUT2D eigenvalue weighted by Crippen LogP contribution is -1.94. The zero-order valence-electron chi connectivity index (χ0n) is 7.61. The zero-order valence-corrected chi connectivity index (χ0v) is 9.18. The maximum Gasteiger partial charge on any atom is 0.346 e. The van der Waals surface area contributed by atoms with E-state index in [0.29, 0.717) is 9.90 Å². The zero-order chi connectivity index (χ0) is 10.8. The quantitative estimate of drug-likeness (QED) is 0.865. The number of carboxylic acids is 1. The van der Waals surface area contributed by atoms with Gasteiger partial charge in [0.1, 0.15) is 4.88 Å². The van der Waals surface area contributed by atoms with E-state index in [0.717, 1.165) is 11.1 Å². The summed E-state index contributed by atoms with van der Waals surface area (Å²) < 4.78 is 0. The van der Waals surface area contributed by atoms with Gasteiger partial charge in [-0.3, -0.25) is 0 Å². The van der Waals surface area contributed by atoms with Crippen LogP contribution in [0.1, 0.15) is 9.67 Å². The molecule has 2 rings (SSSR count). The monoisotopic (exact) mass is 238 g/mol. The molecule has 0 spiro atoms. The van der Waals surface area contributed by atoms with E-state index in [9.17, 15) is 4.79 Å². The van der Waals surface area contributed by atoms with Crippen LogP contribution >= 0.6 is 22.9 Å². The van der Waals surface area contributed by atoms with Crippen LogP contribution in [0.5, 0.6) is 0 Å². The molecule has 0 aliphatic heterocycles. The molecule has 2 nitrogen and oxygen atoms in total. The van der Waals surface area contributed by atoms with Crippen LogP contribution in [-0.2, 0) is 0 Å². The number of halogens is 1. The van der Waals surface area contributed by atoms with Gasteiger partial charge in [0, 0.05) is 10.6 Å². The molecule has 0 aliphatic carbocycles. The van der Waals surface area contributed by atoms with Crippen LogP contribution in [0, 0.1) is 0 Å². The van der Waals surface area contributed by atoms with Crippen LogP contribution in [0.15, 0.2) is 35.7 Å². The first kappa shape index (κ1) is 10.2. The van der Waals surface area contributed by atoms with Crippen molar-refractivity contribution in [2.45, 2.75) is 0 Å². The predicted octanol–water partition coefficient (Wildman–Crippen LogP) is 3.77. The molecule has 1 aromatic carbocycles. The van der Waals surface area contributed by atoms with E-state index in [4.69, 9.17) is 16.7 Å². The summed E-state index contributed by atoms with van der Waals surface area (Å²) in [4.78, 5) is 11.3. The van der Waals surface area contributed by atoms with Crippen LogP contribution in [0.25, 0.3) is 11.1 Å². The minimum absolute atomic E-state index is 0.345. The van der Waals surface area contributed by atoms with Gasteiger partial charge in [-0.05, 0) is 29.1 Å². The average molecular weight is 239 g/mol. The van der Waals surface area contributed by atoms with E-state index < -0.39 is 5.97 Å². The van der Waals surface area contributed by atoms with Crippen molar-refractivity contribution in [1.29, 1.82) is 0 Å². The van der Waals surface area contributed by atoms with Gasteiger partial charge in [-0.25, -0.2) is 4.79 Å². The molecule has 0 saturated heterocycles. The maximum atomic E-state index is 10.9. The largest absolute Gasteiger partial charge is 0.477 e. The third-order valence-electron chi connectivity index (χ3n) is 2.00. The first-order chi connectivity index (χ1) is 7.18. The predicted molar refractivity (Wildman–Crippen MR) is 61.7 cm³/mol. The minimum Gasteiger partial charge on any atom is -0.477 e. The van der Waals surface area contributed by atoms with E-state index in [-0.39, 0.29) is 0 Å². The number of benzene rings is 1. The summed E-state index contributed by atoms with van der Waals surface area (Å²) in [7, 11) is 0. The smallest absolute Gasteiger partial charge is 0.346 e. The van der Waals surface area contributed by atoms with Gasteiger partial charge in [-0.2, -0.15) is 0 Å². The molecular formula is C11H7ClO2S. The Kier molecular flexibility index (Phi) is 2.75. The number of carboxylic acid groups (broad SMARTS) is 1. The molecule has 2 aromatic rings. The number of thiophene rings is 1. The van der Waals surface area contributed by atoms with Crippen LogP contribution in [0.2, 0.25) is 5.02 Å². The third kappa shape index (κ3) is 2.03. The molecule has 0 aliphatic rings. The third-order valence-corrected chi connectivity index (χ3v) is 3.13. The van der Waals surface area contributed by atoms with Gasteiger partial charge in [0.15, 0.2) is 0 Å². The summed E-state index contributed by atoms with van der Waals surface area (Å²) in [6.45, 7) is 0. The Morgan fingerprint density at radius 2 is 2.13 bits per heavy atom. The van der Waals surface area contributed by atoms with E-state index in [2.05, 4.69) is 0 Å². The highest BCUT2D eigenvalue weighted by molar-refractivity contribution is 7.12. The summed E-state index contributed by atoms with van der Waals surface area (Å²) >= 11 is 7.07.